The van der Waals surface area contributed by atoms with Crippen LogP contribution in [0.5, 0.6) is 11.5 Å². The van der Waals surface area contributed by atoms with Gasteiger partial charge in [-0.1, -0.05) is 0 Å². The molecule has 0 atom stereocenters. The molecule has 0 saturated carbocycles. The normalized spacial score (nSPS) is 11.2. The Morgan fingerprint density at radius 1 is 1.47 bits per heavy atom. The number of carbonyl (C=O) groups is 1. The van der Waals surface area contributed by atoms with E-state index in [0.29, 0.717) is 0 Å². The number of nitrogens with zero attached hydrogens (tertiary/aromatic N) is 1. The molecule has 4 nitrogen and oxygen atoms in total. The molecule has 0 saturated heterocycles. The summed E-state index contributed by atoms with van der Waals surface area (Å²) in [6.07, 6.45) is -3.85. The second-order valence-corrected chi connectivity index (χ2v) is 3.29. The maximum atomic E-state index is 12.2. The van der Waals surface area contributed by atoms with Gasteiger partial charge in [0.25, 0.3) is 5.24 Å². The molecular formula is C9H7ClF3NO3. The zero-order valence-electron chi connectivity index (χ0n) is 8.76. The fraction of sp³-hybridized carbons (Fsp3) is 0.333. The van der Waals surface area contributed by atoms with Crippen molar-refractivity contribution < 1.29 is 27.4 Å². The van der Waals surface area contributed by atoms with Crippen molar-refractivity contribution in [3.05, 3.63) is 17.5 Å². The molecule has 94 valence electrons. The van der Waals surface area contributed by atoms with Crippen molar-refractivity contribution in [1.29, 1.82) is 0 Å². The first-order valence-electron chi connectivity index (χ1n) is 4.25. The minimum absolute atomic E-state index is 0.0103. The van der Waals surface area contributed by atoms with E-state index < -0.39 is 23.0 Å². The van der Waals surface area contributed by atoms with Crippen molar-refractivity contribution in [1.82, 2.24) is 4.98 Å². The molecule has 0 aliphatic carbocycles. The van der Waals surface area contributed by atoms with E-state index in [9.17, 15) is 18.0 Å². The summed E-state index contributed by atoms with van der Waals surface area (Å²) < 4.78 is 45.0. The average Bonchev–Trinajstić information content (AvgIpc) is 2.18. The van der Waals surface area contributed by atoms with Crippen LogP contribution >= 0.6 is 11.6 Å². The molecule has 0 fully saturated rings. The topological polar surface area (TPSA) is 48.4 Å². The van der Waals surface area contributed by atoms with Crippen molar-refractivity contribution in [2.24, 2.45) is 0 Å². The third-order valence-corrected chi connectivity index (χ3v) is 2.04. The first-order valence-corrected chi connectivity index (χ1v) is 4.63. The Labute approximate surface area is 99.3 Å². The maximum Gasteiger partial charge on any atom is 0.573 e. The highest BCUT2D eigenvalue weighted by atomic mass is 35.5. The largest absolute Gasteiger partial charge is 0.573 e. The third kappa shape index (κ3) is 3.23. The van der Waals surface area contributed by atoms with Crippen LogP contribution in [0.2, 0.25) is 0 Å². The summed E-state index contributed by atoms with van der Waals surface area (Å²) in [7, 11) is 1.25. The van der Waals surface area contributed by atoms with E-state index in [1.807, 2.05) is 0 Å². The van der Waals surface area contributed by atoms with Crippen molar-refractivity contribution in [2.75, 3.05) is 7.11 Å². The highest BCUT2D eigenvalue weighted by Crippen LogP contribution is 2.34. The minimum atomic E-state index is -4.94. The minimum Gasteiger partial charge on any atom is -0.495 e. The molecule has 0 aromatic carbocycles. The van der Waals surface area contributed by atoms with Gasteiger partial charge >= 0.3 is 6.36 Å². The fourth-order valence-electron chi connectivity index (χ4n) is 1.15. The van der Waals surface area contributed by atoms with Crippen LogP contribution in [0.15, 0.2) is 6.20 Å². The Hall–Kier alpha value is -1.50. The van der Waals surface area contributed by atoms with E-state index in [1.165, 1.54) is 14.0 Å². The third-order valence-electron chi connectivity index (χ3n) is 1.86. The van der Waals surface area contributed by atoms with Gasteiger partial charge in [-0.25, -0.2) is 4.98 Å². The highest BCUT2D eigenvalue weighted by molar-refractivity contribution is 6.67. The number of halogens is 4. The molecule has 0 unspecified atom stereocenters. The van der Waals surface area contributed by atoms with E-state index in [-0.39, 0.29) is 11.3 Å². The number of pyridine rings is 1. The lowest BCUT2D eigenvalue weighted by Crippen LogP contribution is -2.20. The molecule has 1 aromatic heterocycles. The van der Waals surface area contributed by atoms with Crippen LogP contribution < -0.4 is 9.47 Å². The summed E-state index contributed by atoms with van der Waals surface area (Å²) in [4.78, 5) is 14.4. The number of ether oxygens (including phenoxy) is 2. The number of carbonyl (C=O) groups excluding carboxylic acids is 1. The number of alkyl halides is 3. The summed E-state index contributed by atoms with van der Waals surface area (Å²) in [5.41, 5.74) is -0.619. The number of aromatic nitrogens is 1. The van der Waals surface area contributed by atoms with Crippen LogP contribution in [0.4, 0.5) is 13.2 Å². The lowest BCUT2D eigenvalue weighted by Gasteiger charge is -2.15. The molecule has 0 amide bonds. The average molecular weight is 270 g/mol. The molecule has 0 N–H and O–H groups in total. The van der Waals surface area contributed by atoms with Crippen LogP contribution in [0.1, 0.15) is 16.1 Å². The molecule has 17 heavy (non-hydrogen) atoms. The zero-order valence-corrected chi connectivity index (χ0v) is 9.52. The summed E-state index contributed by atoms with van der Waals surface area (Å²) >= 11 is 5.12. The standard InChI is InChI=1S/C9H7ClF3NO3/c1-4-5(16-2)3-14-6(8(10)15)7(4)17-9(11,12)13/h3H,1-2H3. The number of rotatable bonds is 3. The van der Waals surface area contributed by atoms with Gasteiger partial charge in [-0.2, -0.15) is 0 Å². The molecule has 1 heterocycles. The van der Waals surface area contributed by atoms with E-state index in [2.05, 4.69) is 9.72 Å². The molecule has 8 heteroatoms. The van der Waals surface area contributed by atoms with Crippen molar-refractivity contribution in [3.8, 4) is 11.5 Å². The van der Waals surface area contributed by atoms with E-state index in [1.54, 1.807) is 0 Å². The van der Waals surface area contributed by atoms with Crippen LogP contribution in [-0.4, -0.2) is 23.7 Å². The predicted octanol–water partition coefficient (Wildman–Crippen LogP) is 2.68. The first kappa shape index (κ1) is 13.6. The first-order chi connectivity index (χ1) is 7.76. The molecule has 0 aliphatic heterocycles. The molecular weight excluding hydrogens is 263 g/mol. The van der Waals surface area contributed by atoms with E-state index in [4.69, 9.17) is 16.3 Å². The molecule has 1 rings (SSSR count). The summed E-state index contributed by atoms with van der Waals surface area (Å²) in [5, 5.41) is -1.14. The van der Waals surface area contributed by atoms with Crippen LogP contribution in [-0.2, 0) is 0 Å². The molecule has 0 spiro atoms. The number of hydrogen-bond acceptors (Lipinski definition) is 4. The monoisotopic (exact) mass is 269 g/mol. The van der Waals surface area contributed by atoms with Gasteiger partial charge in [0.05, 0.1) is 13.3 Å². The Kier molecular flexibility index (Phi) is 3.82. The SMILES string of the molecule is COc1cnc(C(=O)Cl)c(OC(F)(F)F)c1C. The van der Waals surface area contributed by atoms with Gasteiger partial charge in [0.15, 0.2) is 11.4 Å². The number of methoxy groups -OCH3 is 1. The molecule has 1 aromatic rings. The Morgan fingerprint density at radius 2 is 2.06 bits per heavy atom. The maximum absolute atomic E-state index is 12.2. The van der Waals surface area contributed by atoms with Gasteiger partial charge in [-0.05, 0) is 18.5 Å². The van der Waals surface area contributed by atoms with Crippen molar-refractivity contribution in [2.45, 2.75) is 13.3 Å². The molecule has 0 bridgehead atoms. The van der Waals surface area contributed by atoms with Crippen molar-refractivity contribution in [3.63, 3.8) is 0 Å². The summed E-state index contributed by atoms with van der Waals surface area (Å²) in [5.74, 6) is -0.692. The zero-order chi connectivity index (χ0) is 13.2. The van der Waals surface area contributed by atoms with Gasteiger partial charge in [-0.15, -0.1) is 13.2 Å². The Morgan fingerprint density at radius 3 is 2.47 bits per heavy atom. The second kappa shape index (κ2) is 4.79. The second-order valence-electron chi connectivity index (χ2n) is 2.95. The van der Waals surface area contributed by atoms with Crippen LogP contribution in [0.3, 0.4) is 0 Å². The Balaban J connectivity index is 3.35. The quantitative estimate of drug-likeness (QED) is 0.792. The predicted molar refractivity (Wildman–Crippen MR) is 52.4 cm³/mol. The van der Waals surface area contributed by atoms with Gasteiger partial charge < -0.3 is 9.47 Å². The summed E-state index contributed by atoms with van der Waals surface area (Å²) in [6.45, 7) is 1.30. The lowest BCUT2D eigenvalue weighted by atomic mass is 10.2. The van der Waals surface area contributed by atoms with E-state index in [0.717, 1.165) is 6.20 Å². The molecule has 0 radical (unpaired) electrons. The van der Waals surface area contributed by atoms with Crippen LogP contribution in [0.25, 0.3) is 0 Å². The molecule has 0 aliphatic rings. The van der Waals surface area contributed by atoms with Crippen LogP contribution in [0, 0.1) is 6.92 Å². The number of hydrogen-bond donors (Lipinski definition) is 0. The smallest absolute Gasteiger partial charge is 0.495 e. The van der Waals surface area contributed by atoms with Crippen molar-refractivity contribution >= 4 is 16.8 Å². The van der Waals surface area contributed by atoms with Gasteiger partial charge in [0.2, 0.25) is 0 Å². The van der Waals surface area contributed by atoms with E-state index >= 15 is 0 Å². The Bertz CT molecular complexity index is 448. The van der Waals surface area contributed by atoms with Gasteiger partial charge in [-0.3, -0.25) is 4.79 Å². The van der Waals surface area contributed by atoms with Gasteiger partial charge in [0, 0.05) is 5.56 Å². The highest BCUT2D eigenvalue weighted by Gasteiger charge is 2.34. The summed E-state index contributed by atoms with van der Waals surface area (Å²) in [6, 6.07) is 0. The fourth-order valence-corrected chi connectivity index (χ4v) is 1.29. The lowest BCUT2D eigenvalue weighted by molar-refractivity contribution is -0.275. The van der Waals surface area contributed by atoms with Gasteiger partial charge in [0.1, 0.15) is 5.75 Å².